The van der Waals surface area contributed by atoms with E-state index in [9.17, 15) is 0 Å². The smallest absolute Gasteiger partial charge is 0.0474 e. The zero-order valence-corrected chi connectivity index (χ0v) is 23.2. The molecular weight excluding hydrogens is 312 g/mol. The Morgan fingerprint density at radius 2 is 0.346 bits per heavy atom. The average molecular weight is 381 g/mol. The highest BCUT2D eigenvalue weighted by Gasteiger charge is 1.80. The van der Waals surface area contributed by atoms with E-state index in [1.165, 1.54) is 51.4 Å². The first kappa shape index (κ1) is 50.2. The Balaban J connectivity index is -0.0000000240. The van der Waals surface area contributed by atoms with Crippen molar-refractivity contribution in [3.63, 3.8) is 0 Å². The van der Waals surface area contributed by atoms with Crippen molar-refractivity contribution in [3.8, 4) is 0 Å². The molecule has 0 unspecified atom stereocenters. The normalized spacial score (nSPS) is 6.69. The van der Waals surface area contributed by atoms with Crippen LogP contribution in [0.15, 0.2) is 0 Å². The van der Waals surface area contributed by atoms with Crippen LogP contribution in [0.25, 0.3) is 0 Å². The fourth-order valence-corrected chi connectivity index (χ4v) is 0. The molecule has 0 fully saturated rings. The van der Waals surface area contributed by atoms with Gasteiger partial charge in [0.2, 0.25) is 0 Å². The van der Waals surface area contributed by atoms with E-state index in [2.05, 4.69) is 118 Å². The van der Waals surface area contributed by atoms with Crippen LogP contribution >= 0.6 is 0 Å². The summed E-state index contributed by atoms with van der Waals surface area (Å²) in [6, 6.07) is 0. The maximum atomic E-state index is 2.22. The minimum Gasteiger partial charge on any atom is -0.0656 e. The van der Waals surface area contributed by atoms with Crippen LogP contribution in [0.3, 0.4) is 0 Å². The third-order valence-corrected chi connectivity index (χ3v) is 0.816. The van der Waals surface area contributed by atoms with Crippen molar-refractivity contribution < 1.29 is 0 Å². The van der Waals surface area contributed by atoms with Crippen molar-refractivity contribution in [2.75, 3.05) is 0 Å². The number of rotatable bonds is 1. The zero-order valence-electron chi connectivity index (χ0n) is 23.2. The van der Waals surface area contributed by atoms with Crippen LogP contribution in [0.2, 0.25) is 0 Å². The highest BCUT2D eigenvalue weighted by molar-refractivity contribution is 4.32. The van der Waals surface area contributed by atoms with E-state index in [1.54, 1.807) is 0 Å². The van der Waals surface area contributed by atoms with Gasteiger partial charge >= 0.3 is 0 Å². The van der Waals surface area contributed by atoms with Gasteiger partial charge in [-0.3, -0.25) is 0 Å². The van der Waals surface area contributed by atoms with Crippen LogP contribution in [0, 0.1) is 5.92 Å². The molecule has 0 aromatic heterocycles. The third kappa shape index (κ3) is 3170. The quantitative estimate of drug-likeness (QED) is 0.424. The number of hydrogen-bond acceptors (Lipinski definition) is 0. The van der Waals surface area contributed by atoms with Crippen molar-refractivity contribution in [1.29, 1.82) is 0 Å². The van der Waals surface area contributed by atoms with E-state index in [0.717, 1.165) is 5.92 Å². The van der Waals surface area contributed by atoms with E-state index < -0.39 is 0 Å². The lowest BCUT2D eigenvalue weighted by atomic mass is 10.2. The fourth-order valence-electron chi connectivity index (χ4n) is 0. The molecule has 0 radical (unpaired) electrons. The summed E-state index contributed by atoms with van der Waals surface area (Å²) >= 11 is 0. The lowest BCUT2D eigenvalue weighted by molar-refractivity contribution is 0.626. The standard InChI is InChI=1S/C5H12.7C3H8/c1-4-5(2)3;7*1-3-2/h5H,4H2,1-3H3;7*3H2,1-2H3. The van der Waals surface area contributed by atoms with Gasteiger partial charge in [-0.15, -0.1) is 0 Å². The summed E-state index contributed by atoms with van der Waals surface area (Å²) in [7, 11) is 0. The van der Waals surface area contributed by atoms with Crippen LogP contribution in [0.4, 0.5) is 0 Å². The summed E-state index contributed by atoms with van der Waals surface area (Å²) in [6.07, 6.45) is 10.1. The van der Waals surface area contributed by atoms with Crippen LogP contribution in [-0.2, 0) is 0 Å². The molecule has 0 amide bonds. The minimum atomic E-state index is 0.884. The van der Waals surface area contributed by atoms with E-state index >= 15 is 0 Å². The largest absolute Gasteiger partial charge is 0.0656 e. The summed E-state index contributed by atoms with van der Waals surface area (Å²) in [4.78, 5) is 0. The Bertz CT molecular complexity index is 54.5. The first-order valence-corrected chi connectivity index (χ1v) is 12.2. The highest BCUT2D eigenvalue weighted by Crippen LogP contribution is 1.93. The van der Waals surface area contributed by atoms with Crippen molar-refractivity contribution >= 4 is 0 Å². The molecule has 172 valence electrons. The average Bonchev–Trinajstić information content (AvgIpc) is 2.53. The molecule has 0 aromatic rings. The Morgan fingerprint density at radius 3 is 0.346 bits per heavy atom. The molecule has 0 aliphatic heterocycles. The predicted molar refractivity (Wildman–Crippen MR) is 137 cm³/mol. The van der Waals surface area contributed by atoms with Gasteiger partial charge in [-0.25, -0.2) is 0 Å². The van der Waals surface area contributed by atoms with Crippen molar-refractivity contribution in [3.05, 3.63) is 0 Å². The maximum Gasteiger partial charge on any atom is -0.0474 e. The monoisotopic (exact) mass is 381 g/mol. The molecule has 0 nitrogen and oxygen atoms in total. The topological polar surface area (TPSA) is 0 Å². The molecule has 0 heterocycles. The van der Waals surface area contributed by atoms with Crippen LogP contribution in [0.1, 0.15) is 169 Å². The van der Waals surface area contributed by atoms with Gasteiger partial charge in [0.15, 0.2) is 0 Å². The van der Waals surface area contributed by atoms with Gasteiger partial charge < -0.3 is 0 Å². The molecule has 0 aliphatic carbocycles. The van der Waals surface area contributed by atoms with Crippen LogP contribution in [0.5, 0.6) is 0 Å². The SMILES string of the molecule is CCC.CCC.CCC.CCC.CCC.CCC.CCC.CCC(C)C. The van der Waals surface area contributed by atoms with E-state index in [4.69, 9.17) is 0 Å². The molecule has 0 bridgehead atoms. The highest BCUT2D eigenvalue weighted by atomic mass is 13.9. The Labute approximate surface area is 175 Å². The lowest BCUT2D eigenvalue weighted by Gasteiger charge is -1.90. The second-order valence-electron chi connectivity index (χ2n) is 6.75. The first-order valence-electron chi connectivity index (χ1n) is 12.2. The lowest BCUT2D eigenvalue weighted by Crippen LogP contribution is -1.77. The van der Waals surface area contributed by atoms with Crippen molar-refractivity contribution in [2.24, 2.45) is 5.92 Å². The van der Waals surface area contributed by atoms with Gasteiger partial charge in [-0.05, 0) is 5.92 Å². The Morgan fingerprint density at radius 1 is 0.308 bits per heavy atom. The van der Waals surface area contributed by atoms with Gasteiger partial charge in [0.1, 0.15) is 0 Å². The van der Waals surface area contributed by atoms with Gasteiger partial charge in [0.05, 0.1) is 0 Å². The fraction of sp³-hybridized carbons (Fsp3) is 1.00. The molecule has 0 aromatic carbocycles. The Hall–Kier alpha value is 0. The second kappa shape index (κ2) is 119. The van der Waals surface area contributed by atoms with Gasteiger partial charge in [0, 0.05) is 0 Å². The summed E-state index contributed by atoms with van der Waals surface area (Å²) in [5, 5.41) is 0. The molecule has 0 heteroatoms. The number of hydrogen-bond donors (Lipinski definition) is 0. The molecule has 0 N–H and O–H groups in total. The van der Waals surface area contributed by atoms with Crippen molar-refractivity contribution in [2.45, 2.75) is 169 Å². The zero-order chi connectivity index (χ0) is 23.2. The molecule has 0 aliphatic rings. The molecule has 0 rings (SSSR count). The molecule has 26 heavy (non-hydrogen) atoms. The summed E-state index contributed by atoms with van der Waals surface area (Å²) < 4.78 is 0. The second-order valence-corrected chi connectivity index (χ2v) is 6.75. The van der Waals surface area contributed by atoms with E-state index in [1.807, 2.05) is 0 Å². The van der Waals surface area contributed by atoms with Crippen molar-refractivity contribution in [1.82, 2.24) is 0 Å². The molecule has 0 spiro atoms. The Kier molecular flexibility index (Phi) is 230. The summed E-state index contributed by atoms with van der Waals surface area (Å²) in [6.45, 7) is 36.4. The van der Waals surface area contributed by atoms with Gasteiger partial charge in [0.25, 0.3) is 0 Å². The molecule has 0 saturated heterocycles. The predicted octanol–water partition coefficient (Wildman–Crippen LogP) is 12.0. The maximum absolute atomic E-state index is 2.22. The molecular formula is C26H68. The summed E-state index contributed by atoms with van der Waals surface area (Å²) in [5.41, 5.74) is 0. The van der Waals surface area contributed by atoms with Gasteiger partial charge in [-0.2, -0.15) is 0 Å². The minimum absolute atomic E-state index is 0.884. The third-order valence-electron chi connectivity index (χ3n) is 0.816. The van der Waals surface area contributed by atoms with E-state index in [-0.39, 0.29) is 0 Å². The first-order chi connectivity index (χ1) is 12.2. The van der Waals surface area contributed by atoms with Crippen LogP contribution in [-0.4, -0.2) is 0 Å². The molecule has 0 saturated carbocycles. The molecule has 0 atom stereocenters. The van der Waals surface area contributed by atoms with Crippen LogP contribution < -0.4 is 0 Å². The summed E-state index contributed by atoms with van der Waals surface area (Å²) in [5.74, 6) is 0.884. The van der Waals surface area contributed by atoms with E-state index in [0.29, 0.717) is 0 Å². The van der Waals surface area contributed by atoms with Gasteiger partial charge in [-0.1, -0.05) is 169 Å².